The summed E-state index contributed by atoms with van der Waals surface area (Å²) in [7, 11) is 4.23. The molecule has 0 aromatic rings. The zero-order valence-electron chi connectivity index (χ0n) is 13.4. The molecule has 0 aliphatic heterocycles. The van der Waals surface area contributed by atoms with Crippen molar-refractivity contribution in [2.75, 3.05) is 53.6 Å². The molecule has 0 fully saturated rings. The van der Waals surface area contributed by atoms with Crippen molar-refractivity contribution in [1.29, 1.82) is 0 Å². The maximum atomic E-state index is 6.06. The van der Waals surface area contributed by atoms with E-state index in [0.29, 0.717) is 0 Å². The molecular weight excluding hydrogens is 240 g/mol. The number of nitrogens with two attached hydrogens (primary N) is 1. The summed E-state index contributed by atoms with van der Waals surface area (Å²) in [5.74, 6) is 0. The summed E-state index contributed by atoms with van der Waals surface area (Å²) in [5.41, 5.74) is 6.25. The fourth-order valence-electron chi connectivity index (χ4n) is 2.32. The van der Waals surface area contributed by atoms with Gasteiger partial charge in [-0.15, -0.1) is 0 Å². The van der Waals surface area contributed by atoms with Gasteiger partial charge >= 0.3 is 0 Å². The van der Waals surface area contributed by atoms with Crippen molar-refractivity contribution < 1.29 is 9.47 Å². The van der Waals surface area contributed by atoms with E-state index in [1.807, 2.05) is 13.8 Å². The largest absolute Gasteiger partial charge is 0.382 e. The van der Waals surface area contributed by atoms with Crippen LogP contribution in [-0.4, -0.2) is 58.5 Å². The summed E-state index contributed by atoms with van der Waals surface area (Å²) in [5, 5.41) is 0. The summed E-state index contributed by atoms with van der Waals surface area (Å²) in [6.07, 6.45) is 4.42. The van der Waals surface area contributed by atoms with Gasteiger partial charge in [0.15, 0.2) is 0 Å². The number of hydrogen-bond acceptors (Lipinski definition) is 4. The van der Waals surface area contributed by atoms with Gasteiger partial charge in [-0.1, -0.05) is 0 Å². The van der Waals surface area contributed by atoms with Crippen LogP contribution in [0, 0.1) is 5.41 Å². The normalized spacial score (nSPS) is 12.3. The molecule has 4 nitrogen and oxygen atoms in total. The Morgan fingerprint density at radius 3 is 1.84 bits per heavy atom. The van der Waals surface area contributed by atoms with Gasteiger partial charge in [0.1, 0.15) is 0 Å². The van der Waals surface area contributed by atoms with Gasteiger partial charge in [-0.2, -0.15) is 0 Å². The molecule has 2 N–H and O–H groups in total. The van der Waals surface area contributed by atoms with E-state index in [0.717, 1.165) is 58.8 Å². The van der Waals surface area contributed by atoms with Crippen LogP contribution in [0.5, 0.6) is 0 Å². The predicted molar refractivity (Wildman–Crippen MR) is 81.5 cm³/mol. The van der Waals surface area contributed by atoms with E-state index < -0.39 is 0 Å². The molecule has 4 heteroatoms. The minimum atomic E-state index is 0.181. The zero-order chi connectivity index (χ0) is 14.6. The maximum Gasteiger partial charge on any atom is 0.0471 e. The van der Waals surface area contributed by atoms with Gasteiger partial charge in [-0.3, -0.25) is 0 Å². The van der Waals surface area contributed by atoms with E-state index in [9.17, 15) is 0 Å². The Labute approximate surface area is 119 Å². The van der Waals surface area contributed by atoms with Crippen molar-refractivity contribution in [1.82, 2.24) is 4.90 Å². The second kappa shape index (κ2) is 11.6. The van der Waals surface area contributed by atoms with Gasteiger partial charge in [-0.05, 0) is 72.1 Å². The number of rotatable bonds is 13. The molecule has 0 rings (SSSR count). The lowest BCUT2D eigenvalue weighted by Gasteiger charge is -2.33. The van der Waals surface area contributed by atoms with Crippen LogP contribution in [0.3, 0.4) is 0 Å². The Bertz CT molecular complexity index is 189. The van der Waals surface area contributed by atoms with E-state index in [-0.39, 0.29) is 5.41 Å². The summed E-state index contributed by atoms with van der Waals surface area (Å²) in [4.78, 5) is 2.23. The number of nitrogens with zero attached hydrogens (tertiary/aromatic N) is 1. The van der Waals surface area contributed by atoms with Crippen molar-refractivity contribution in [2.45, 2.75) is 39.5 Å². The molecule has 0 atom stereocenters. The Morgan fingerprint density at radius 2 is 1.47 bits per heavy atom. The van der Waals surface area contributed by atoms with Crippen molar-refractivity contribution in [3.05, 3.63) is 0 Å². The lowest BCUT2D eigenvalue weighted by molar-refractivity contribution is 0.0620. The molecule has 19 heavy (non-hydrogen) atoms. The van der Waals surface area contributed by atoms with Gasteiger partial charge in [0.2, 0.25) is 0 Å². The minimum absolute atomic E-state index is 0.181. The molecule has 0 radical (unpaired) electrons. The molecule has 0 bridgehead atoms. The first-order valence-corrected chi connectivity index (χ1v) is 7.60. The van der Waals surface area contributed by atoms with E-state index >= 15 is 0 Å². The fraction of sp³-hybridized carbons (Fsp3) is 1.00. The van der Waals surface area contributed by atoms with Crippen LogP contribution >= 0.6 is 0 Å². The van der Waals surface area contributed by atoms with E-state index in [1.54, 1.807) is 0 Å². The van der Waals surface area contributed by atoms with Crippen LogP contribution in [-0.2, 0) is 9.47 Å². The third-order valence-electron chi connectivity index (χ3n) is 3.71. The van der Waals surface area contributed by atoms with E-state index in [1.165, 1.54) is 6.42 Å². The highest BCUT2D eigenvalue weighted by Gasteiger charge is 2.27. The molecule has 0 aromatic heterocycles. The average Bonchev–Trinajstić information content (AvgIpc) is 2.38. The molecule has 0 unspecified atom stereocenters. The van der Waals surface area contributed by atoms with Gasteiger partial charge in [0.25, 0.3) is 0 Å². The first-order valence-electron chi connectivity index (χ1n) is 7.60. The van der Waals surface area contributed by atoms with Crippen LogP contribution in [0.4, 0.5) is 0 Å². The number of ether oxygens (including phenoxy) is 2. The first kappa shape index (κ1) is 18.8. The SMILES string of the molecule is CCOCCC(CN)(CCCN(C)C)CCOCC. The van der Waals surface area contributed by atoms with Gasteiger partial charge in [0, 0.05) is 26.4 Å². The average molecular weight is 274 g/mol. The van der Waals surface area contributed by atoms with Crippen molar-refractivity contribution in [2.24, 2.45) is 11.1 Å². The zero-order valence-corrected chi connectivity index (χ0v) is 13.4. The van der Waals surface area contributed by atoms with Crippen LogP contribution in [0.1, 0.15) is 39.5 Å². The monoisotopic (exact) mass is 274 g/mol. The van der Waals surface area contributed by atoms with Crippen LogP contribution < -0.4 is 5.73 Å². The fourth-order valence-corrected chi connectivity index (χ4v) is 2.32. The highest BCUT2D eigenvalue weighted by atomic mass is 16.5. The molecule has 0 aliphatic carbocycles. The molecular formula is C15H34N2O2. The topological polar surface area (TPSA) is 47.7 Å². The summed E-state index contributed by atoms with van der Waals surface area (Å²) < 4.78 is 11.0. The quantitative estimate of drug-likeness (QED) is 0.523. The smallest absolute Gasteiger partial charge is 0.0471 e. The summed E-state index contributed by atoms with van der Waals surface area (Å²) >= 11 is 0. The van der Waals surface area contributed by atoms with Gasteiger partial charge in [0.05, 0.1) is 0 Å². The summed E-state index contributed by atoms with van der Waals surface area (Å²) in [6.45, 7) is 9.09. The van der Waals surface area contributed by atoms with E-state index in [4.69, 9.17) is 15.2 Å². The van der Waals surface area contributed by atoms with Gasteiger partial charge in [-0.25, -0.2) is 0 Å². The van der Waals surface area contributed by atoms with Crippen molar-refractivity contribution >= 4 is 0 Å². The lowest BCUT2D eigenvalue weighted by atomic mass is 9.77. The predicted octanol–water partition coefficient (Wildman–Crippen LogP) is 2.13. The first-order chi connectivity index (χ1) is 9.10. The Hall–Kier alpha value is -0.160. The third kappa shape index (κ3) is 9.38. The van der Waals surface area contributed by atoms with Crippen molar-refractivity contribution in [3.63, 3.8) is 0 Å². The molecule has 0 aromatic carbocycles. The van der Waals surface area contributed by atoms with Crippen LogP contribution in [0.25, 0.3) is 0 Å². The molecule has 0 heterocycles. The number of hydrogen-bond donors (Lipinski definition) is 1. The summed E-state index contributed by atoms with van der Waals surface area (Å²) in [6, 6.07) is 0. The molecule has 0 amide bonds. The molecule has 0 saturated carbocycles. The Balaban J connectivity index is 4.28. The van der Waals surface area contributed by atoms with Crippen molar-refractivity contribution in [3.8, 4) is 0 Å². The minimum Gasteiger partial charge on any atom is -0.382 e. The molecule has 0 spiro atoms. The second-order valence-corrected chi connectivity index (χ2v) is 5.50. The third-order valence-corrected chi connectivity index (χ3v) is 3.71. The standard InChI is InChI=1S/C15H34N2O2/c1-5-18-12-9-15(14-16,10-13-19-6-2)8-7-11-17(3)4/h5-14,16H2,1-4H3. The molecule has 0 saturated heterocycles. The molecule has 0 aliphatic rings. The highest BCUT2D eigenvalue weighted by Crippen LogP contribution is 2.31. The maximum absolute atomic E-state index is 6.06. The molecule has 116 valence electrons. The van der Waals surface area contributed by atoms with E-state index in [2.05, 4.69) is 19.0 Å². The Morgan fingerprint density at radius 1 is 0.947 bits per heavy atom. The Kier molecular flexibility index (Phi) is 11.6. The van der Waals surface area contributed by atoms with Crippen LogP contribution in [0.2, 0.25) is 0 Å². The lowest BCUT2D eigenvalue weighted by Crippen LogP contribution is -2.34. The van der Waals surface area contributed by atoms with Gasteiger partial charge < -0.3 is 20.1 Å². The van der Waals surface area contributed by atoms with Crippen LogP contribution in [0.15, 0.2) is 0 Å². The second-order valence-electron chi connectivity index (χ2n) is 5.50. The highest BCUT2D eigenvalue weighted by molar-refractivity contribution is 4.81.